The Labute approximate surface area is 122 Å². The van der Waals surface area contributed by atoms with E-state index in [1.807, 2.05) is 0 Å². The SMILES string of the molecule is CC(C)[C]1C=Cc2ccccc21.[I][Zr][I]. The molecule has 0 N–H and O–H groups in total. The molecule has 79 valence electrons. The monoisotopic (exact) mass is 501 g/mol. The molecular weight excluding hydrogens is 489 g/mol. The van der Waals surface area contributed by atoms with E-state index >= 15 is 0 Å². The van der Waals surface area contributed by atoms with Crippen LogP contribution in [0.15, 0.2) is 30.3 Å². The van der Waals surface area contributed by atoms with Crippen LogP contribution >= 0.6 is 36.1 Å². The molecule has 0 unspecified atom stereocenters. The standard InChI is InChI=1S/C12H13.2HI.Zr/c1-9(2)11-8-7-10-5-3-4-6-12(10)11;;;/h3-9H,1-2H3;2*1H;/q;;;+2/p-2. The van der Waals surface area contributed by atoms with Gasteiger partial charge in [0.2, 0.25) is 0 Å². The average Bonchev–Trinajstić information content (AvgIpc) is 2.62. The van der Waals surface area contributed by atoms with Crippen LogP contribution in [0.5, 0.6) is 0 Å². The molecule has 0 heterocycles. The summed E-state index contributed by atoms with van der Waals surface area (Å²) in [4.78, 5) is 0. The molecule has 0 amide bonds. The third-order valence-corrected chi connectivity index (χ3v) is 2.34. The van der Waals surface area contributed by atoms with E-state index in [2.05, 4.69) is 86.4 Å². The molecule has 1 aromatic carbocycles. The number of allylic oxidation sites excluding steroid dienone is 1. The van der Waals surface area contributed by atoms with E-state index in [1.54, 1.807) is 0 Å². The molecule has 0 saturated carbocycles. The molecule has 0 aromatic heterocycles. The Bertz CT molecular complexity index is 334. The Kier molecular flexibility index (Phi) is 7.27. The first kappa shape index (κ1) is 14.4. The van der Waals surface area contributed by atoms with Gasteiger partial charge in [-0.15, -0.1) is 0 Å². The molecule has 1 radical (unpaired) electrons. The summed E-state index contributed by atoms with van der Waals surface area (Å²) < 4.78 is 0. The molecule has 0 bridgehead atoms. The Morgan fingerprint density at radius 1 is 1.07 bits per heavy atom. The number of benzene rings is 1. The molecule has 1 aliphatic rings. The normalized spacial score (nSPS) is 13.4. The molecule has 0 saturated heterocycles. The third kappa shape index (κ3) is 4.23. The van der Waals surface area contributed by atoms with Crippen LogP contribution in [0, 0.1) is 11.8 Å². The summed E-state index contributed by atoms with van der Waals surface area (Å²) >= 11 is 5.06. The molecule has 15 heavy (non-hydrogen) atoms. The fourth-order valence-electron chi connectivity index (χ4n) is 1.68. The summed E-state index contributed by atoms with van der Waals surface area (Å²) in [5.74, 6) is 2.09. The second kappa shape index (κ2) is 7.59. The molecule has 0 fully saturated rings. The van der Waals surface area contributed by atoms with Crippen molar-refractivity contribution in [3.63, 3.8) is 0 Å². The number of rotatable bonds is 1. The van der Waals surface area contributed by atoms with Gasteiger partial charge in [-0.25, -0.2) is 0 Å². The van der Waals surface area contributed by atoms with Crippen molar-refractivity contribution < 1.29 is 14.9 Å². The van der Waals surface area contributed by atoms with E-state index in [-0.39, 0.29) is 14.9 Å². The number of halogens is 2. The van der Waals surface area contributed by atoms with E-state index < -0.39 is 0 Å². The second-order valence-corrected chi connectivity index (χ2v) is 22.5. The molecule has 2 rings (SSSR count). The fourth-order valence-corrected chi connectivity index (χ4v) is 1.68. The van der Waals surface area contributed by atoms with Crippen LogP contribution in [0.2, 0.25) is 0 Å². The van der Waals surface area contributed by atoms with Gasteiger partial charge in [-0.3, -0.25) is 0 Å². The van der Waals surface area contributed by atoms with Crippen molar-refractivity contribution in [3.05, 3.63) is 47.4 Å². The van der Waals surface area contributed by atoms with Crippen molar-refractivity contribution in [2.45, 2.75) is 13.8 Å². The van der Waals surface area contributed by atoms with Gasteiger partial charge in [0.1, 0.15) is 0 Å². The summed E-state index contributed by atoms with van der Waals surface area (Å²) in [6, 6.07) is 8.56. The Balaban J connectivity index is 0.000000337. The van der Waals surface area contributed by atoms with Gasteiger partial charge in [0.15, 0.2) is 0 Å². The summed E-state index contributed by atoms with van der Waals surface area (Å²) in [6.07, 6.45) is 4.43. The fraction of sp³-hybridized carbons (Fsp3) is 0.250. The topological polar surface area (TPSA) is 0 Å². The van der Waals surface area contributed by atoms with Gasteiger partial charge >= 0.3 is 50.9 Å². The molecule has 1 aliphatic carbocycles. The summed E-state index contributed by atoms with van der Waals surface area (Å²) in [6.45, 7) is 4.48. The van der Waals surface area contributed by atoms with Crippen LogP contribution in [0.4, 0.5) is 0 Å². The first-order valence-corrected chi connectivity index (χ1v) is 19.4. The van der Waals surface area contributed by atoms with Gasteiger partial charge in [0.05, 0.1) is 0 Å². The average molecular weight is 502 g/mol. The zero-order chi connectivity index (χ0) is 11.3. The van der Waals surface area contributed by atoms with Crippen molar-refractivity contribution in [2.75, 3.05) is 0 Å². The van der Waals surface area contributed by atoms with Crippen molar-refractivity contribution in [1.29, 1.82) is 0 Å². The van der Waals surface area contributed by atoms with Crippen LogP contribution in [0.1, 0.15) is 25.0 Å². The minimum absolute atomic E-state index is 0.170. The zero-order valence-corrected chi connectivity index (χ0v) is 15.6. The van der Waals surface area contributed by atoms with Crippen LogP contribution < -0.4 is 0 Å². The predicted molar refractivity (Wildman–Crippen MR) is 80.7 cm³/mol. The number of hydrogen-bond acceptors (Lipinski definition) is 0. The molecule has 1 aromatic rings. The molecular formula is C12H13I2Zr. The van der Waals surface area contributed by atoms with Gasteiger partial charge in [0.25, 0.3) is 0 Å². The Hall–Kier alpha value is 1.30. The quantitative estimate of drug-likeness (QED) is 0.472. The first-order chi connectivity index (χ1) is 7.20. The minimum atomic E-state index is 0.170. The molecule has 0 atom stereocenters. The van der Waals surface area contributed by atoms with Crippen molar-refractivity contribution >= 4 is 42.2 Å². The van der Waals surface area contributed by atoms with Gasteiger partial charge in [0, 0.05) is 5.92 Å². The Morgan fingerprint density at radius 3 is 2.27 bits per heavy atom. The number of hydrogen-bond donors (Lipinski definition) is 0. The van der Waals surface area contributed by atoms with Crippen molar-refractivity contribution in [2.24, 2.45) is 5.92 Å². The number of fused-ring (bicyclic) bond motifs is 1. The maximum absolute atomic E-state index is 2.45. The van der Waals surface area contributed by atoms with Gasteiger partial charge in [-0.2, -0.15) is 0 Å². The molecule has 0 aliphatic heterocycles. The van der Waals surface area contributed by atoms with E-state index in [4.69, 9.17) is 0 Å². The third-order valence-electron chi connectivity index (χ3n) is 2.34. The molecule has 0 nitrogen and oxygen atoms in total. The summed E-state index contributed by atoms with van der Waals surface area (Å²) in [5.41, 5.74) is 2.77. The van der Waals surface area contributed by atoms with E-state index in [0.29, 0.717) is 5.92 Å². The van der Waals surface area contributed by atoms with Gasteiger partial charge < -0.3 is 0 Å². The van der Waals surface area contributed by atoms with Crippen LogP contribution in [-0.2, 0) is 14.9 Å². The molecule has 0 spiro atoms. The predicted octanol–water partition coefficient (Wildman–Crippen LogP) is 5.06. The summed E-state index contributed by atoms with van der Waals surface area (Å²) in [7, 11) is 0. The van der Waals surface area contributed by atoms with E-state index in [0.717, 1.165) is 0 Å². The maximum atomic E-state index is 2.45. The van der Waals surface area contributed by atoms with Crippen LogP contribution in [-0.4, -0.2) is 0 Å². The van der Waals surface area contributed by atoms with Crippen molar-refractivity contribution in [1.82, 2.24) is 0 Å². The Morgan fingerprint density at radius 2 is 1.67 bits per heavy atom. The van der Waals surface area contributed by atoms with E-state index in [1.165, 1.54) is 17.0 Å². The van der Waals surface area contributed by atoms with Crippen LogP contribution in [0.3, 0.4) is 0 Å². The second-order valence-electron chi connectivity index (χ2n) is 3.60. The van der Waals surface area contributed by atoms with Gasteiger partial charge in [-0.1, -0.05) is 50.3 Å². The zero-order valence-electron chi connectivity index (χ0n) is 8.80. The van der Waals surface area contributed by atoms with Gasteiger partial charge in [-0.05, 0) is 17.0 Å². The van der Waals surface area contributed by atoms with Crippen LogP contribution in [0.25, 0.3) is 6.08 Å². The van der Waals surface area contributed by atoms with E-state index in [9.17, 15) is 0 Å². The first-order valence-electron chi connectivity index (χ1n) is 4.81. The molecule has 3 heteroatoms. The van der Waals surface area contributed by atoms with Crippen molar-refractivity contribution in [3.8, 4) is 0 Å². The summed E-state index contributed by atoms with van der Waals surface area (Å²) in [5, 5.41) is 0.